The fourth-order valence-corrected chi connectivity index (χ4v) is 5.19. The summed E-state index contributed by atoms with van der Waals surface area (Å²) < 4.78 is 16.5. The van der Waals surface area contributed by atoms with Crippen molar-refractivity contribution in [3.05, 3.63) is 29.3 Å². The Labute approximate surface area is 225 Å². The molecular formula is C31H53NO5. The molecule has 1 amide bonds. The molecule has 0 radical (unpaired) electrons. The maximum Gasteiger partial charge on any atom is 0.223 e. The van der Waals surface area contributed by atoms with E-state index >= 15 is 0 Å². The van der Waals surface area contributed by atoms with Gasteiger partial charge in [-0.2, -0.15) is 0 Å². The molecule has 2 N–H and O–H groups in total. The van der Waals surface area contributed by atoms with Crippen LogP contribution >= 0.6 is 0 Å². The Morgan fingerprint density at radius 3 is 2.46 bits per heavy atom. The number of aryl methyl sites for hydroxylation is 1. The van der Waals surface area contributed by atoms with Crippen LogP contribution in [-0.4, -0.2) is 56.7 Å². The van der Waals surface area contributed by atoms with Gasteiger partial charge in [-0.1, -0.05) is 46.8 Å². The highest BCUT2D eigenvalue weighted by molar-refractivity contribution is 5.79. The normalized spacial score (nSPS) is 17.1. The second kappa shape index (κ2) is 17.1. The van der Waals surface area contributed by atoms with Gasteiger partial charge in [0.05, 0.1) is 12.7 Å². The molecule has 0 spiro atoms. The molecule has 1 fully saturated rings. The van der Waals surface area contributed by atoms with Crippen molar-refractivity contribution < 1.29 is 24.1 Å². The Balaban J connectivity index is 1.91. The highest BCUT2D eigenvalue weighted by Gasteiger charge is 2.28. The number of benzene rings is 1. The van der Waals surface area contributed by atoms with Crippen LogP contribution in [0.3, 0.4) is 0 Å². The summed E-state index contributed by atoms with van der Waals surface area (Å²) in [4.78, 5) is 13.0. The van der Waals surface area contributed by atoms with Crippen molar-refractivity contribution in [2.75, 3.05) is 33.5 Å². The molecule has 6 nitrogen and oxygen atoms in total. The predicted molar refractivity (Wildman–Crippen MR) is 150 cm³/mol. The molecule has 1 saturated heterocycles. The molecule has 1 aromatic carbocycles. The highest BCUT2D eigenvalue weighted by atomic mass is 16.5. The Bertz CT molecular complexity index is 775. The number of hydrogen-bond acceptors (Lipinski definition) is 5. The number of hydrogen-bond donors (Lipinski definition) is 2. The first-order valence-corrected chi connectivity index (χ1v) is 14.5. The minimum atomic E-state index is -0.469. The van der Waals surface area contributed by atoms with Crippen LogP contribution < -0.4 is 10.1 Å². The second-order valence-corrected chi connectivity index (χ2v) is 11.4. The SMILES string of the molecule is CCc1cc(C[C@@H](CC[C@@H](O)C[C@H](C(=O)NC2CCOCC2)C(C)C)C(C)C)ccc1OCCCOC. The number of carbonyl (C=O) groups excluding carboxylic acids is 1. The quantitative estimate of drug-likeness (QED) is 0.263. The highest BCUT2D eigenvalue weighted by Crippen LogP contribution is 2.28. The number of rotatable bonds is 17. The molecule has 3 atom stereocenters. The van der Waals surface area contributed by atoms with Gasteiger partial charge in [-0.15, -0.1) is 0 Å². The molecule has 1 aromatic rings. The van der Waals surface area contributed by atoms with Crippen molar-refractivity contribution in [3.8, 4) is 5.75 Å². The van der Waals surface area contributed by atoms with Crippen LogP contribution in [0.15, 0.2) is 18.2 Å². The molecule has 0 aromatic heterocycles. The van der Waals surface area contributed by atoms with E-state index in [4.69, 9.17) is 14.2 Å². The number of nitrogens with one attached hydrogen (secondary N) is 1. The average molecular weight is 520 g/mol. The zero-order valence-electron chi connectivity index (χ0n) is 24.3. The largest absolute Gasteiger partial charge is 0.493 e. The Morgan fingerprint density at radius 1 is 1.11 bits per heavy atom. The number of carbonyl (C=O) groups is 1. The summed E-state index contributed by atoms with van der Waals surface area (Å²) in [5, 5.41) is 14.1. The standard InChI is InChI=1S/C31H53NO5/c1-7-25-19-24(9-12-30(25)37-16-8-15-35-6)20-26(22(2)3)10-11-28(33)21-29(23(4)5)31(34)32-27-13-17-36-18-14-27/h9,12,19,22-23,26-29,33H,7-8,10-11,13-18,20-21H2,1-6H3,(H,32,34)/t26-,28-,29+/m1/s1. The third kappa shape index (κ3) is 11.3. The van der Waals surface area contributed by atoms with Gasteiger partial charge in [-0.3, -0.25) is 4.79 Å². The third-order valence-corrected chi connectivity index (χ3v) is 7.80. The van der Waals surface area contributed by atoms with Crippen molar-refractivity contribution in [1.29, 1.82) is 0 Å². The maximum atomic E-state index is 13.0. The van der Waals surface area contributed by atoms with Crippen molar-refractivity contribution >= 4 is 5.91 Å². The summed E-state index contributed by atoms with van der Waals surface area (Å²) in [5.74, 6) is 2.06. The molecule has 0 saturated carbocycles. The Hall–Kier alpha value is -1.63. The molecule has 0 unspecified atom stereocenters. The van der Waals surface area contributed by atoms with Gasteiger partial charge in [-0.25, -0.2) is 0 Å². The minimum absolute atomic E-state index is 0.0815. The van der Waals surface area contributed by atoms with Crippen LogP contribution in [0.25, 0.3) is 0 Å². The molecule has 0 aliphatic carbocycles. The summed E-state index contributed by atoms with van der Waals surface area (Å²) in [7, 11) is 1.71. The second-order valence-electron chi connectivity index (χ2n) is 11.4. The lowest BCUT2D eigenvalue weighted by atomic mass is 9.82. The molecule has 1 aliphatic heterocycles. The molecule has 2 rings (SSSR count). The van der Waals surface area contributed by atoms with Gasteiger partial charge >= 0.3 is 0 Å². The van der Waals surface area contributed by atoms with E-state index in [0.29, 0.717) is 44.7 Å². The average Bonchev–Trinajstić information content (AvgIpc) is 2.88. The lowest BCUT2D eigenvalue weighted by molar-refractivity contribution is -0.129. The van der Waals surface area contributed by atoms with Crippen LogP contribution in [0.5, 0.6) is 5.75 Å². The number of aliphatic hydroxyl groups excluding tert-OH is 1. The lowest BCUT2D eigenvalue weighted by Gasteiger charge is -2.29. The number of ether oxygens (including phenoxy) is 3. The zero-order valence-corrected chi connectivity index (χ0v) is 24.3. The first-order chi connectivity index (χ1) is 17.7. The maximum absolute atomic E-state index is 13.0. The molecule has 6 heteroatoms. The van der Waals surface area contributed by atoms with E-state index < -0.39 is 6.10 Å². The van der Waals surface area contributed by atoms with Gasteiger partial charge in [0, 0.05) is 45.3 Å². The van der Waals surface area contributed by atoms with E-state index in [1.165, 1.54) is 11.1 Å². The van der Waals surface area contributed by atoms with Crippen molar-refractivity contribution in [1.82, 2.24) is 5.32 Å². The van der Waals surface area contributed by atoms with Crippen LogP contribution in [-0.2, 0) is 27.1 Å². The van der Waals surface area contributed by atoms with Gasteiger partial charge in [0.25, 0.3) is 0 Å². The zero-order chi connectivity index (χ0) is 27.2. The van der Waals surface area contributed by atoms with Crippen molar-refractivity contribution in [2.24, 2.45) is 23.7 Å². The first-order valence-electron chi connectivity index (χ1n) is 14.5. The van der Waals surface area contributed by atoms with E-state index in [-0.39, 0.29) is 23.8 Å². The van der Waals surface area contributed by atoms with E-state index in [0.717, 1.165) is 50.7 Å². The monoisotopic (exact) mass is 519 g/mol. The molecule has 212 valence electrons. The summed E-state index contributed by atoms with van der Waals surface area (Å²) in [6.45, 7) is 13.6. The topological polar surface area (TPSA) is 77.0 Å². The van der Waals surface area contributed by atoms with Crippen LogP contribution in [0.1, 0.15) is 84.3 Å². The lowest BCUT2D eigenvalue weighted by Crippen LogP contribution is -2.44. The third-order valence-electron chi connectivity index (χ3n) is 7.80. The number of amides is 1. The van der Waals surface area contributed by atoms with Gasteiger partial charge in [0.2, 0.25) is 5.91 Å². The molecule has 0 bridgehead atoms. The fourth-order valence-electron chi connectivity index (χ4n) is 5.19. The predicted octanol–water partition coefficient (Wildman–Crippen LogP) is 5.58. The molecule has 1 heterocycles. The van der Waals surface area contributed by atoms with Crippen molar-refractivity contribution in [2.45, 2.75) is 98.1 Å². The fraction of sp³-hybridized carbons (Fsp3) is 0.774. The van der Waals surface area contributed by atoms with E-state index in [1.54, 1.807) is 7.11 Å². The first kappa shape index (κ1) is 31.6. The molecule has 1 aliphatic rings. The summed E-state index contributed by atoms with van der Waals surface area (Å²) in [6.07, 6.45) is 6.26. The summed E-state index contributed by atoms with van der Waals surface area (Å²) in [6, 6.07) is 6.77. The summed E-state index contributed by atoms with van der Waals surface area (Å²) >= 11 is 0. The van der Waals surface area contributed by atoms with Crippen LogP contribution in [0.2, 0.25) is 0 Å². The Morgan fingerprint density at radius 2 is 1.84 bits per heavy atom. The molecular weight excluding hydrogens is 466 g/mol. The smallest absolute Gasteiger partial charge is 0.223 e. The minimum Gasteiger partial charge on any atom is -0.493 e. The number of aliphatic hydroxyl groups is 1. The Kier molecular flexibility index (Phi) is 14.6. The number of methoxy groups -OCH3 is 1. The van der Waals surface area contributed by atoms with E-state index in [1.807, 2.05) is 0 Å². The van der Waals surface area contributed by atoms with Gasteiger partial charge in [-0.05, 0) is 79.9 Å². The summed E-state index contributed by atoms with van der Waals surface area (Å²) in [5.41, 5.74) is 2.57. The van der Waals surface area contributed by atoms with Crippen LogP contribution in [0, 0.1) is 23.7 Å². The van der Waals surface area contributed by atoms with Gasteiger partial charge < -0.3 is 24.6 Å². The van der Waals surface area contributed by atoms with Gasteiger partial charge in [0.15, 0.2) is 0 Å². The van der Waals surface area contributed by atoms with E-state index in [2.05, 4.69) is 58.1 Å². The van der Waals surface area contributed by atoms with Crippen LogP contribution in [0.4, 0.5) is 0 Å². The van der Waals surface area contributed by atoms with Crippen molar-refractivity contribution in [3.63, 3.8) is 0 Å². The van der Waals surface area contributed by atoms with Gasteiger partial charge in [0.1, 0.15) is 5.75 Å². The molecule has 37 heavy (non-hydrogen) atoms. The van der Waals surface area contributed by atoms with E-state index in [9.17, 15) is 9.90 Å².